The van der Waals surface area contributed by atoms with Crippen LogP contribution in [0.1, 0.15) is 16.8 Å². The number of aromatic nitrogens is 1. The predicted molar refractivity (Wildman–Crippen MR) is 110 cm³/mol. The van der Waals surface area contributed by atoms with Gasteiger partial charge in [-0.1, -0.05) is 30.3 Å². The van der Waals surface area contributed by atoms with Crippen molar-refractivity contribution in [3.05, 3.63) is 78.5 Å². The number of nitrogens with one attached hydrogen (secondary N) is 2. The second kappa shape index (κ2) is 10.1. The molecule has 1 heterocycles. The van der Waals surface area contributed by atoms with Crippen LogP contribution in [0.25, 0.3) is 0 Å². The standard InChI is InChI=1S/C22H23N3O3/c1-27-15-7-13-23-21-16-17(12-14-24-21)22(26)25-19-10-5-6-11-20(19)28-18-8-3-2-4-9-18/h2-6,8-12,14,16H,7,13,15H2,1H3,(H,23,24)(H,25,26). The van der Waals surface area contributed by atoms with Gasteiger partial charge in [-0.2, -0.15) is 0 Å². The van der Waals surface area contributed by atoms with Gasteiger partial charge in [-0.3, -0.25) is 4.79 Å². The monoisotopic (exact) mass is 377 g/mol. The number of benzene rings is 2. The fourth-order valence-electron chi connectivity index (χ4n) is 2.57. The molecule has 2 N–H and O–H groups in total. The third-order valence-corrected chi connectivity index (χ3v) is 3.96. The molecule has 0 saturated carbocycles. The fourth-order valence-corrected chi connectivity index (χ4v) is 2.57. The molecular formula is C22H23N3O3. The zero-order chi connectivity index (χ0) is 19.6. The van der Waals surface area contributed by atoms with Crippen LogP contribution < -0.4 is 15.4 Å². The average Bonchev–Trinajstić information content (AvgIpc) is 2.74. The smallest absolute Gasteiger partial charge is 0.255 e. The van der Waals surface area contributed by atoms with Crippen molar-refractivity contribution in [2.45, 2.75) is 6.42 Å². The van der Waals surface area contributed by atoms with E-state index < -0.39 is 0 Å². The third-order valence-electron chi connectivity index (χ3n) is 3.96. The van der Waals surface area contributed by atoms with Crippen molar-refractivity contribution >= 4 is 17.4 Å². The van der Waals surface area contributed by atoms with E-state index in [0.717, 1.165) is 13.0 Å². The van der Waals surface area contributed by atoms with Crippen molar-refractivity contribution in [1.29, 1.82) is 0 Å². The molecule has 1 amide bonds. The van der Waals surface area contributed by atoms with Gasteiger partial charge in [0, 0.05) is 32.0 Å². The number of hydrogen-bond donors (Lipinski definition) is 2. The Morgan fingerprint density at radius 3 is 2.64 bits per heavy atom. The molecule has 0 atom stereocenters. The molecule has 0 bridgehead atoms. The number of para-hydroxylation sites is 3. The second-order valence-corrected chi connectivity index (χ2v) is 6.07. The summed E-state index contributed by atoms with van der Waals surface area (Å²) in [5, 5.41) is 6.10. The van der Waals surface area contributed by atoms with Crippen molar-refractivity contribution in [2.24, 2.45) is 0 Å². The van der Waals surface area contributed by atoms with E-state index in [1.54, 1.807) is 31.5 Å². The number of anilines is 2. The molecule has 1 aromatic heterocycles. The summed E-state index contributed by atoms with van der Waals surface area (Å²) in [6.45, 7) is 1.39. The predicted octanol–water partition coefficient (Wildman–Crippen LogP) is 4.57. The third kappa shape index (κ3) is 5.56. The van der Waals surface area contributed by atoms with Gasteiger partial charge in [0.2, 0.25) is 0 Å². The zero-order valence-electron chi connectivity index (χ0n) is 15.7. The van der Waals surface area contributed by atoms with Gasteiger partial charge in [0.25, 0.3) is 5.91 Å². The minimum Gasteiger partial charge on any atom is -0.455 e. The lowest BCUT2D eigenvalue weighted by atomic mass is 10.2. The molecule has 2 aromatic carbocycles. The molecule has 144 valence electrons. The molecule has 0 aliphatic rings. The minimum atomic E-state index is -0.230. The Kier molecular flexibility index (Phi) is 6.98. The molecule has 0 aliphatic carbocycles. The number of hydrogen-bond acceptors (Lipinski definition) is 5. The molecule has 0 radical (unpaired) electrons. The topological polar surface area (TPSA) is 72.5 Å². The van der Waals surface area contributed by atoms with Gasteiger partial charge in [-0.05, 0) is 42.8 Å². The van der Waals surface area contributed by atoms with E-state index in [2.05, 4.69) is 15.6 Å². The van der Waals surface area contributed by atoms with Crippen molar-refractivity contribution in [3.8, 4) is 11.5 Å². The first-order chi connectivity index (χ1) is 13.8. The van der Waals surface area contributed by atoms with Crippen LogP contribution in [0.5, 0.6) is 11.5 Å². The molecule has 0 spiro atoms. The van der Waals surface area contributed by atoms with Crippen LogP contribution in [-0.4, -0.2) is 31.2 Å². The summed E-state index contributed by atoms with van der Waals surface area (Å²) < 4.78 is 10.9. The Hall–Kier alpha value is -3.38. The molecular weight excluding hydrogens is 354 g/mol. The first-order valence-electron chi connectivity index (χ1n) is 9.08. The molecule has 3 rings (SSSR count). The number of carbonyl (C=O) groups excluding carboxylic acids is 1. The number of pyridine rings is 1. The lowest BCUT2D eigenvalue weighted by Gasteiger charge is -2.12. The van der Waals surface area contributed by atoms with Gasteiger partial charge in [0.1, 0.15) is 11.6 Å². The largest absolute Gasteiger partial charge is 0.455 e. The molecule has 3 aromatic rings. The number of nitrogens with zero attached hydrogens (tertiary/aromatic N) is 1. The zero-order valence-corrected chi connectivity index (χ0v) is 15.7. The highest BCUT2D eigenvalue weighted by Crippen LogP contribution is 2.29. The summed E-state index contributed by atoms with van der Waals surface area (Å²) in [5.74, 6) is 1.70. The quantitative estimate of drug-likeness (QED) is 0.534. The van der Waals surface area contributed by atoms with E-state index in [9.17, 15) is 4.79 Å². The van der Waals surface area contributed by atoms with Gasteiger partial charge in [-0.15, -0.1) is 0 Å². The highest BCUT2D eigenvalue weighted by molar-refractivity contribution is 6.05. The lowest BCUT2D eigenvalue weighted by molar-refractivity contribution is 0.102. The van der Waals surface area contributed by atoms with Crippen molar-refractivity contribution < 1.29 is 14.3 Å². The average molecular weight is 377 g/mol. The Bertz CT molecular complexity index is 900. The first kappa shape index (κ1) is 19.4. The molecule has 0 saturated heterocycles. The van der Waals surface area contributed by atoms with Crippen LogP contribution in [0.4, 0.5) is 11.5 Å². The van der Waals surface area contributed by atoms with Crippen LogP contribution in [-0.2, 0) is 4.74 Å². The number of rotatable bonds is 9. The van der Waals surface area contributed by atoms with Gasteiger partial charge in [0.05, 0.1) is 5.69 Å². The Morgan fingerprint density at radius 1 is 1.04 bits per heavy atom. The first-order valence-corrected chi connectivity index (χ1v) is 9.08. The van der Waals surface area contributed by atoms with E-state index in [0.29, 0.717) is 35.2 Å². The second-order valence-electron chi connectivity index (χ2n) is 6.07. The number of methoxy groups -OCH3 is 1. The maximum Gasteiger partial charge on any atom is 0.255 e. The maximum absolute atomic E-state index is 12.7. The fraction of sp³-hybridized carbons (Fsp3) is 0.182. The number of amides is 1. The SMILES string of the molecule is COCCCNc1cc(C(=O)Nc2ccccc2Oc2ccccc2)ccn1. The van der Waals surface area contributed by atoms with E-state index in [1.807, 2.05) is 48.5 Å². The molecule has 0 fully saturated rings. The molecule has 6 heteroatoms. The van der Waals surface area contributed by atoms with E-state index >= 15 is 0 Å². The highest BCUT2D eigenvalue weighted by Gasteiger charge is 2.11. The van der Waals surface area contributed by atoms with Crippen LogP contribution in [0, 0.1) is 0 Å². The van der Waals surface area contributed by atoms with E-state index in [-0.39, 0.29) is 5.91 Å². The molecule has 6 nitrogen and oxygen atoms in total. The summed E-state index contributed by atoms with van der Waals surface area (Å²) in [4.78, 5) is 16.9. The summed E-state index contributed by atoms with van der Waals surface area (Å²) in [6.07, 6.45) is 2.47. The van der Waals surface area contributed by atoms with Crippen LogP contribution in [0.15, 0.2) is 72.9 Å². The summed E-state index contributed by atoms with van der Waals surface area (Å²) in [7, 11) is 1.67. The van der Waals surface area contributed by atoms with Gasteiger partial charge >= 0.3 is 0 Å². The van der Waals surface area contributed by atoms with Crippen molar-refractivity contribution in [2.75, 3.05) is 30.9 Å². The van der Waals surface area contributed by atoms with Crippen LogP contribution >= 0.6 is 0 Å². The van der Waals surface area contributed by atoms with E-state index in [1.165, 1.54) is 0 Å². The Balaban J connectivity index is 1.68. The number of ether oxygens (including phenoxy) is 2. The van der Waals surface area contributed by atoms with Gasteiger partial charge in [-0.25, -0.2) is 4.98 Å². The van der Waals surface area contributed by atoms with Crippen LogP contribution in [0.2, 0.25) is 0 Å². The Morgan fingerprint density at radius 2 is 1.82 bits per heavy atom. The number of carbonyl (C=O) groups is 1. The molecule has 0 aliphatic heterocycles. The van der Waals surface area contributed by atoms with Gasteiger partial charge < -0.3 is 20.1 Å². The summed E-state index contributed by atoms with van der Waals surface area (Å²) >= 11 is 0. The van der Waals surface area contributed by atoms with Gasteiger partial charge in [0.15, 0.2) is 5.75 Å². The molecule has 28 heavy (non-hydrogen) atoms. The lowest BCUT2D eigenvalue weighted by Crippen LogP contribution is -2.14. The summed E-state index contributed by atoms with van der Waals surface area (Å²) in [5.41, 5.74) is 1.11. The highest BCUT2D eigenvalue weighted by atomic mass is 16.5. The molecule has 0 unspecified atom stereocenters. The van der Waals surface area contributed by atoms with E-state index in [4.69, 9.17) is 9.47 Å². The minimum absolute atomic E-state index is 0.230. The van der Waals surface area contributed by atoms with Crippen molar-refractivity contribution in [1.82, 2.24) is 4.98 Å². The van der Waals surface area contributed by atoms with Crippen molar-refractivity contribution in [3.63, 3.8) is 0 Å². The summed E-state index contributed by atoms with van der Waals surface area (Å²) in [6, 6.07) is 20.2. The maximum atomic E-state index is 12.7. The normalized spacial score (nSPS) is 10.3. The Labute approximate surface area is 164 Å². The van der Waals surface area contributed by atoms with Crippen LogP contribution in [0.3, 0.4) is 0 Å².